The molecule has 188 valence electrons. The standard InChI is InChI=1S/C31H30N2O4/c1-3-36-28-17-9-24(10-18-28)30(34)32-26-13-5-22(6-14-26)21-23-7-15-27(16-8-23)33-31(35)25-11-19-29(20-12-25)37-4-2/h5-20H,3-4,21H2,1-2H3,(H,32,34)(H,33,35). The quantitative estimate of drug-likeness (QED) is 0.261. The molecule has 4 aromatic carbocycles. The van der Waals surface area contributed by atoms with E-state index in [2.05, 4.69) is 10.6 Å². The van der Waals surface area contributed by atoms with E-state index in [-0.39, 0.29) is 11.8 Å². The molecule has 0 heterocycles. The Labute approximate surface area is 217 Å². The van der Waals surface area contributed by atoms with Gasteiger partial charge in [-0.25, -0.2) is 0 Å². The van der Waals surface area contributed by atoms with Gasteiger partial charge in [0.25, 0.3) is 11.8 Å². The van der Waals surface area contributed by atoms with Crippen LogP contribution in [0, 0.1) is 0 Å². The van der Waals surface area contributed by atoms with Gasteiger partial charge in [0, 0.05) is 22.5 Å². The van der Waals surface area contributed by atoms with Crippen molar-refractivity contribution in [3.8, 4) is 11.5 Å². The van der Waals surface area contributed by atoms with Crippen molar-refractivity contribution < 1.29 is 19.1 Å². The number of amides is 2. The Morgan fingerprint density at radius 2 is 0.892 bits per heavy atom. The minimum Gasteiger partial charge on any atom is -0.494 e. The highest BCUT2D eigenvalue weighted by Crippen LogP contribution is 2.19. The molecular formula is C31H30N2O4. The molecular weight excluding hydrogens is 464 g/mol. The highest BCUT2D eigenvalue weighted by molar-refractivity contribution is 6.05. The first-order valence-corrected chi connectivity index (χ1v) is 12.3. The van der Waals surface area contributed by atoms with Crippen LogP contribution in [0.4, 0.5) is 11.4 Å². The number of hydrogen-bond donors (Lipinski definition) is 2. The number of carbonyl (C=O) groups excluding carboxylic acids is 2. The SMILES string of the molecule is CCOc1ccc(C(=O)Nc2ccc(Cc3ccc(NC(=O)c4ccc(OCC)cc4)cc3)cc2)cc1. The smallest absolute Gasteiger partial charge is 0.255 e. The number of rotatable bonds is 10. The number of ether oxygens (including phenoxy) is 2. The van der Waals surface area contributed by atoms with Crippen molar-refractivity contribution in [1.29, 1.82) is 0 Å². The summed E-state index contributed by atoms with van der Waals surface area (Å²) in [5.74, 6) is 1.15. The van der Waals surface area contributed by atoms with E-state index in [1.165, 1.54) is 0 Å². The van der Waals surface area contributed by atoms with Crippen molar-refractivity contribution >= 4 is 23.2 Å². The van der Waals surface area contributed by atoms with E-state index in [0.29, 0.717) is 24.3 Å². The van der Waals surface area contributed by atoms with Crippen molar-refractivity contribution in [2.45, 2.75) is 20.3 Å². The fourth-order valence-corrected chi connectivity index (χ4v) is 3.79. The van der Waals surface area contributed by atoms with E-state index in [4.69, 9.17) is 9.47 Å². The lowest BCUT2D eigenvalue weighted by Crippen LogP contribution is -2.12. The molecule has 4 aromatic rings. The molecule has 6 nitrogen and oxygen atoms in total. The number of benzene rings is 4. The number of hydrogen-bond acceptors (Lipinski definition) is 4. The van der Waals surface area contributed by atoms with Crippen molar-refractivity contribution in [1.82, 2.24) is 0 Å². The van der Waals surface area contributed by atoms with E-state index in [1.807, 2.05) is 62.4 Å². The van der Waals surface area contributed by atoms with Gasteiger partial charge in [0.05, 0.1) is 13.2 Å². The second-order valence-corrected chi connectivity index (χ2v) is 8.39. The van der Waals surface area contributed by atoms with Gasteiger partial charge in [0.1, 0.15) is 11.5 Å². The van der Waals surface area contributed by atoms with Crippen LogP contribution in [0.25, 0.3) is 0 Å². The molecule has 0 aliphatic heterocycles. The Morgan fingerprint density at radius 1 is 0.541 bits per heavy atom. The van der Waals surface area contributed by atoms with E-state index >= 15 is 0 Å². The predicted molar refractivity (Wildman–Crippen MR) is 147 cm³/mol. The minimum absolute atomic E-state index is 0.168. The van der Waals surface area contributed by atoms with Crippen LogP contribution < -0.4 is 20.1 Å². The second kappa shape index (κ2) is 12.4. The largest absolute Gasteiger partial charge is 0.494 e. The van der Waals surface area contributed by atoms with Gasteiger partial charge in [0.15, 0.2) is 0 Å². The normalized spacial score (nSPS) is 10.4. The topological polar surface area (TPSA) is 76.7 Å². The van der Waals surface area contributed by atoms with E-state index < -0.39 is 0 Å². The lowest BCUT2D eigenvalue weighted by Gasteiger charge is -2.09. The summed E-state index contributed by atoms with van der Waals surface area (Å²) in [5.41, 5.74) is 4.84. The molecule has 0 unspecified atom stereocenters. The van der Waals surface area contributed by atoms with Crippen molar-refractivity contribution in [2.75, 3.05) is 23.8 Å². The molecule has 0 bridgehead atoms. The molecule has 4 rings (SSSR count). The molecule has 0 spiro atoms. The van der Waals surface area contributed by atoms with Gasteiger partial charge in [-0.2, -0.15) is 0 Å². The first kappa shape index (κ1) is 25.5. The molecule has 0 aliphatic carbocycles. The Balaban J connectivity index is 1.29. The van der Waals surface area contributed by atoms with Crippen LogP contribution in [-0.2, 0) is 6.42 Å². The average Bonchev–Trinajstić information content (AvgIpc) is 2.92. The molecule has 37 heavy (non-hydrogen) atoms. The molecule has 6 heteroatoms. The van der Waals surface area contributed by atoms with Crippen molar-refractivity contribution in [2.24, 2.45) is 0 Å². The summed E-state index contributed by atoms with van der Waals surface area (Å²) in [4.78, 5) is 25.0. The average molecular weight is 495 g/mol. The van der Waals surface area contributed by atoms with Gasteiger partial charge < -0.3 is 20.1 Å². The zero-order chi connectivity index (χ0) is 26.0. The van der Waals surface area contributed by atoms with Gasteiger partial charge >= 0.3 is 0 Å². The Bertz CT molecular complexity index is 1210. The van der Waals surface area contributed by atoms with Gasteiger partial charge in [-0.05, 0) is 104 Å². The zero-order valence-corrected chi connectivity index (χ0v) is 21.0. The lowest BCUT2D eigenvalue weighted by molar-refractivity contribution is 0.101. The summed E-state index contributed by atoms with van der Waals surface area (Å²) in [6.45, 7) is 5.02. The van der Waals surface area contributed by atoms with E-state index in [9.17, 15) is 9.59 Å². The fraction of sp³-hybridized carbons (Fsp3) is 0.161. The molecule has 0 radical (unpaired) electrons. The zero-order valence-electron chi connectivity index (χ0n) is 21.0. The van der Waals surface area contributed by atoms with Gasteiger partial charge in [-0.3, -0.25) is 9.59 Å². The van der Waals surface area contributed by atoms with E-state index in [0.717, 1.165) is 40.4 Å². The van der Waals surface area contributed by atoms with Crippen molar-refractivity contribution in [3.63, 3.8) is 0 Å². The summed E-state index contributed by atoms with van der Waals surface area (Å²) in [6.07, 6.45) is 0.736. The second-order valence-electron chi connectivity index (χ2n) is 8.39. The van der Waals surface area contributed by atoms with Gasteiger partial charge in [-0.15, -0.1) is 0 Å². The third-order valence-corrected chi connectivity index (χ3v) is 5.69. The number of anilines is 2. The molecule has 0 aromatic heterocycles. The van der Waals surface area contributed by atoms with Crippen LogP contribution in [0.1, 0.15) is 45.7 Å². The first-order valence-electron chi connectivity index (χ1n) is 12.3. The third-order valence-electron chi connectivity index (χ3n) is 5.69. The molecule has 0 aliphatic rings. The Kier molecular flexibility index (Phi) is 8.55. The molecule has 0 fully saturated rings. The van der Waals surface area contributed by atoms with E-state index in [1.54, 1.807) is 48.5 Å². The monoisotopic (exact) mass is 494 g/mol. The van der Waals surface area contributed by atoms with Crippen LogP contribution in [0.15, 0.2) is 97.1 Å². The minimum atomic E-state index is -0.168. The fourth-order valence-electron chi connectivity index (χ4n) is 3.79. The maximum atomic E-state index is 12.5. The highest BCUT2D eigenvalue weighted by atomic mass is 16.5. The van der Waals surface area contributed by atoms with Crippen LogP contribution in [-0.4, -0.2) is 25.0 Å². The van der Waals surface area contributed by atoms with Gasteiger partial charge in [-0.1, -0.05) is 24.3 Å². The maximum absolute atomic E-state index is 12.5. The maximum Gasteiger partial charge on any atom is 0.255 e. The highest BCUT2D eigenvalue weighted by Gasteiger charge is 2.08. The van der Waals surface area contributed by atoms with Gasteiger partial charge in [0.2, 0.25) is 0 Å². The molecule has 2 amide bonds. The Morgan fingerprint density at radius 3 is 1.22 bits per heavy atom. The summed E-state index contributed by atoms with van der Waals surface area (Å²) in [6, 6.07) is 29.7. The molecule has 0 atom stereocenters. The summed E-state index contributed by atoms with van der Waals surface area (Å²) in [5, 5.41) is 5.84. The molecule has 0 saturated carbocycles. The number of carbonyl (C=O) groups is 2. The first-order chi connectivity index (χ1) is 18.0. The van der Waals surface area contributed by atoms with Crippen LogP contribution in [0.3, 0.4) is 0 Å². The van der Waals surface area contributed by atoms with Crippen LogP contribution in [0.5, 0.6) is 11.5 Å². The molecule has 2 N–H and O–H groups in total. The van der Waals surface area contributed by atoms with Crippen molar-refractivity contribution in [3.05, 3.63) is 119 Å². The molecule has 0 saturated heterocycles. The summed E-state index contributed by atoms with van der Waals surface area (Å²) in [7, 11) is 0. The van der Waals surface area contributed by atoms with Crippen LogP contribution >= 0.6 is 0 Å². The van der Waals surface area contributed by atoms with Crippen LogP contribution in [0.2, 0.25) is 0 Å². The number of nitrogens with one attached hydrogen (secondary N) is 2. The Hall–Kier alpha value is -4.58. The summed E-state index contributed by atoms with van der Waals surface area (Å²) >= 11 is 0. The predicted octanol–water partition coefficient (Wildman–Crippen LogP) is 6.58. The summed E-state index contributed by atoms with van der Waals surface area (Å²) < 4.78 is 10.8. The third kappa shape index (κ3) is 7.21. The lowest BCUT2D eigenvalue weighted by atomic mass is 10.0.